The molecule has 3 atom stereocenters. The molecule has 4 N–H and O–H groups in total. The second-order valence-electron chi connectivity index (χ2n) is 10.1. The Bertz CT molecular complexity index is 1650. The van der Waals surface area contributed by atoms with E-state index in [1.165, 1.54) is 18.5 Å². The number of nitrogens with one attached hydrogen (secondary N) is 1. The lowest BCUT2D eigenvalue weighted by Gasteiger charge is -2.37. The smallest absolute Gasteiger partial charge is 0.175 e. The van der Waals surface area contributed by atoms with Crippen LogP contribution in [0, 0.1) is 12.7 Å². The molecule has 1 aliphatic rings. The second kappa shape index (κ2) is 8.91. The van der Waals surface area contributed by atoms with E-state index < -0.39 is 11.9 Å². The number of fused-ring (bicyclic) bond motifs is 2. The number of rotatable bonds is 4. The summed E-state index contributed by atoms with van der Waals surface area (Å²) in [7, 11) is 0. The Balaban J connectivity index is 1.52. The van der Waals surface area contributed by atoms with Crippen molar-refractivity contribution in [2.45, 2.75) is 45.8 Å². The van der Waals surface area contributed by atoms with Gasteiger partial charge in [-0.15, -0.1) is 0 Å². The van der Waals surface area contributed by atoms with Gasteiger partial charge in [-0.1, -0.05) is 0 Å². The summed E-state index contributed by atoms with van der Waals surface area (Å²) in [5, 5.41) is 23.7. The number of anilines is 2. The number of aryl methyl sites for hydroxylation is 1. The highest BCUT2D eigenvalue weighted by molar-refractivity contribution is 5.98. The zero-order valence-electron chi connectivity index (χ0n) is 21.6. The first-order valence-electron chi connectivity index (χ1n) is 12.5. The SMILES string of the molecule is Cc1ccn2nc([C@@H](C)n3nc(-c4cc(O)cc(F)c4)c4c(N)ncnc43)nc(N3C[C@@H](C)N[C@@H](C)C3)c12. The summed E-state index contributed by atoms with van der Waals surface area (Å²) in [5.74, 6) is 0.802. The molecule has 0 aliphatic carbocycles. The summed E-state index contributed by atoms with van der Waals surface area (Å²) in [5.41, 5.74) is 9.49. The predicted octanol–water partition coefficient (Wildman–Crippen LogP) is 3.07. The van der Waals surface area contributed by atoms with Crippen LogP contribution in [0.4, 0.5) is 16.0 Å². The van der Waals surface area contributed by atoms with E-state index in [0.29, 0.717) is 40.2 Å². The maximum absolute atomic E-state index is 14.2. The van der Waals surface area contributed by atoms with Gasteiger partial charge in [0.15, 0.2) is 17.3 Å². The molecule has 4 aromatic heterocycles. The first-order chi connectivity index (χ1) is 18.2. The fourth-order valence-electron chi connectivity index (χ4n) is 5.36. The van der Waals surface area contributed by atoms with E-state index in [4.69, 9.17) is 20.9 Å². The van der Waals surface area contributed by atoms with Crippen molar-refractivity contribution in [3.8, 4) is 17.0 Å². The van der Waals surface area contributed by atoms with Gasteiger partial charge >= 0.3 is 0 Å². The fourth-order valence-corrected chi connectivity index (χ4v) is 5.36. The van der Waals surface area contributed by atoms with Crippen LogP contribution < -0.4 is 16.0 Å². The van der Waals surface area contributed by atoms with Gasteiger partial charge in [0.05, 0.1) is 5.39 Å². The molecule has 0 saturated carbocycles. The van der Waals surface area contributed by atoms with Gasteiger partial charge in [-0.25, -0.2) is 28.5 Å². The van der Waals surface area contributed by atoms with Crippen molar-refractivity contribution < 1.29 is 9.50 Å². The number of nitrogen functional groups attached to an aromatic ring is 1. The molecule has 1 aliphatic heterocycles. The Kier molecular flexibility index (Phi) is 5.64. The van der Waals surface area contributed by atoms with Crippen molar-refractivity contribution in [2.24, 2.45) is 0 Å². The lowest BCUT2D eigenvalue weighted by Crippen LogP contribution is -2.54. The van der Waals surface area contributed by atoms with Crippen molar-refractivity contribution >= 4 is 28.2 Å². The number of phenolic OH excluding ortho intramolecular Hbond substituents is 1. The first kappa shape index (κ1) is 24.0. The molecule has 1 saturated heterocycles. The van der Waals surface area contributed by atoms with Gasteiger partial charge in [0.25, 0.3) is 0 Å². The van der Waals surface area contributed by atoms with E-state index in [1.807, 2.05) is 23.7 Å². The van der Waals surface area contributed by atoms with Gasteiger partial charge in [0.1, 0.15) is 41.0 Å². The van der Waals surface area contributed by atoms with E-state index in [-0.39, 0.29) is 11.6 Å². The average Bonchev–Trinajstić information content (AvgIpc) is 3.44. The zero-order valence-corrected chi connectivity index (χ0v) is 21.6. The minimum Gasteiger partial charge on any atom is -0.508 e. The van der Waals surface area contributed by atoms with Gasteiger partial charge in [-0.2, -0.15) is 10.2 Å². The summed E-state index contributed by atoms with van der Waals surface area (Å²) in [6.45, 7) is 9.96. The summed E-state index contributed by atoms with van der Waals surface area (Å²) < 4.78 is 17.7. The highest BCUT2D eigenvalue weighted by Crippen LogP contribution is 2.35. The molecule has 0 radical (unpaired) electrons. The van der Waals surface area contributed by atoms with Crippen LogP contribution in [-0.2, 0) is 0 Å². The lowest BCUT2D eigenvalue weighted by molar-refractivity contribution is 0.404. The molecule has 6 rings (SSSR count). The predicted molar refractivity (Wildman–Crippen MR) is 143 cm³/mol. The van der Waals surface area contributed by atoms with E-state index in [2.05, 4.69) is 41.0 Å². The van der Waals surface area contributed by atoms with Crippen LogP contribution in [0.1, 0.15) is 38.2 Å². The number of hydrogen-bond donors (Lipinski definition) is 3. The van der Waals surface area contributed by atoms with Gasteiger partial charge in [-0.05, 0) is 51.5 Å². The zero-order chi connectivity index (χ0) is 26.7. The van der Waals surface area contributed by atoms with E-state index in [9.17, 15) is 9.50 Å². The topological polar surface area (TPSA) is 135 Å². The number of halogens is 1. The van der Waals surface area contributed by atoms with Crippen LogP contribution in [0.25, 0.3) is 27.8 Å². The molecule has 12 heteroatoms. The third-order valence-corrected chi connectivity index (χ3v) is 6.98. The van der Waals surface area contributed by atoms with Gasteiger partial charge in [0.2, 0.25) is 0 Å². The number of aromatic nitrogens is 7. The normalized spacial score (nSPS) is 18.9. The molecule has 5 heterocycles. The number of nitrogens with zero attached hydrogens (tertiary/aromatic N) is 8. The lowest BCUT2D eigenvalue weighted by atomic mass is 10.1. The van der Waals surface area contributed by atoms with Crippen LogP contribution in [0.2, 0.25) is 0 Å². The Morgan fingerprint density at radius 3 is 2.63 bits per heavy atom. The van der Waals surface area contributed by atoms with Crippen LogP contribution >= 0.6 is 0 Å². The highest BCUT2D eigenvalue weighted by atomic mass is 19.1. The fraction of sp³-hybridized carbons (Fsp3) is 0.346. The van der Waals surface area contributed by atoms with E-state index in [1.54, 1.807) is 4.68 Å². The molecule has 0 unspecified atom stereocenters. The second-order valence-corrected chi connectivity index (χ2v) is 10.1. The Morgan fingerprint density at radius 2 is 1.89 bits per heavy atom. The largest absolute Gasteiger partial charge is 0.508 e. The van der Waals surface area contributed by atoms with Crippen molar-refractivity contribution in [1.82, 2.24) is 39.7 Å². The minimum absolute atomic E-state index is 0.203. The average molecular weight is 517 g/mol. The molecular weight excluding hydrogens is 487 g/mol. The van der Waals surface area contributed by atoms with Crippen LogP contribution in [0.15, 0.2) is 36.8 Å². The number of nitrogens with two attached hydrogens (primary N) is 1. The van der Waals surface area contributed by atoms with Crippen molar-refractivity contribution in [3.05, 3.63) is 54.0 Å². The van der Waals surface area contributed by atoms with E-state index in [0.717, 1.165) is 36.1 Å². The summed E-state index contributed by atoms with van der Waals surface area (Å²) in [6.07, 6.45) is 3.30. The molecule has 11 nitrogen and oxygen atoms in total. The molecule has 38 heavy (non-hydrogen) atoms. The van der Waals surface area contributed by atoms with Crippen LogP contribution in [0.5, 0.6) is 5.75 Å². The van der Waals surface area contributed by atoms with Crippen LogP contribution in [-0.4, -0.2) is 64.6 Å². The maximum atomic E-state index is 14.2. The molecule has 1 aromatic carbocycles. The van der Waals surface area contributed by atoms with E-state index >= 15 is 0 Å². The molecular formula is C26H29FN10O. The Hall–Kier alpha value is -4.32. The standard InChI is InChI=1S/C26H29FN10O/c1-13-5-6-36-22(13)26(35-10-14(2)31-15(3)11-35)32-24(34-36)16(4)37-25-20(23(28)29-12-30-25)21(33-37)17-7-18(27)9-19(38)8-17/h5-9,12,14-16,31,38H,10-11H2,1-4H3,(H2,28,29,30)/t14-,15+,16-/m1/s1. The first-order valence-corrected chi connectivity index (χ1v) is 12.5. The summed E-state index contributed by atoms with van der Waals surface area (Å²) in [4.78, 5) is 15.9. The number of benzene rings is 1. The number of aromatic hydroxyl groups is 1. The molecule has 1 fully saturated rings. The van der Waals surface area contributed by atoms with Crippen molar-refractivity contribution in [3.63, 3.8) is 0 Å². The number of hydrogen-bond acceptors (Lipinski definition) is 9. The highest BCUT2D eigenvalue weighted by Gasteiger charge is 2.28. The third-order valence-electron chi connectivity index (χ3n) is 6.98. The quantitative estimate of drug-likeness (QED) is 0.329. The Labute approximate surface area is 218 Å². The monoisotopic (exact) mass is 516 g/mol. The molecule has 0 spiro atoms. The molecule has 0 bridgehead atoms. The van der Waals surface area contributed by atoms with Gasteiger partial charge in [-0.3, -0.25) is 0 Å². The molecule has 5 aromatic rings. The molecule has 0 amide bonds. The van der Waals surface area contributed by atoms with Crippen LogP contribution in [0.3, 0.4) is 0 Å². The maximum Gasteiger partial charge on any atom is 0.175 e. The number of piperazine rings is 1. The number of phenols is 1. The van der Waals surface area contributed by atoms with Crippen molar-refractivity contribution in [2.75, 3.05) is 23.7 Å². The molecule has 196 valence electrons. The van der Waals surface area contributed by atoms with Gasteiger partial charge < -0.3 is 21.1 Å². The Morgan fingerprint density at radius 1 is 1.13 bits per heavy atom. The van der Waals surface area contributed by atoms with Gasteiger partial charge in [0, 0.05) is 43.0 Å². The summed E-state index contributed by atoms with van der Waals surface area (Å²) >= 11 is 0. The third kappa shape index (κ3) is 3.97. The van der Waals surface area contributed by atoms with Crippen molar-refractivity contribution in [1.29, 1.82) is 0 Å². The summed E-state index contributed by atoms with van der Waals surface area (Å²) in [6, 6.07) is 5.96. The minimum atomic E-state index is -0.591.